The molecule has 0 saturated carbocycles. The minimum absolute atomic E-state index is 0. The van der Waals surface area contributed by atoms with E-state index < -0.39 is 6.04 Å². The first kappa shape index (κ1) is 17.7. The first-order valence-corrected chi connectivity index (χ1v) is 7.47. The number of benzene rings is 1. The lowest BCUT2D eigenvalue weighted by Gasteiger charge is -2.20. The maximum absolute atomic E-state index is 12.3. The molecule has 1 amide bonds. The van der Waals surface area contributed by atoms with Gasteiger partial charge < -0.3 is 10.6 Å². The zero-order valence-corrected chi connectivity index (χ0v) is 13.9. The van der Waals surface area contributed by atoms with Crippen molar-refractivity contribution < 1.29 is 4.79 Å². The standard InChI is InChI=1S/C16H20N2OS.ClH/c1-12-8-9-14(20-12)11-18(2)16(19)15(17)10-13-6-4-3-5-7-13;/h3-9,15H,10-11,17H2,1-2H3;1H/t15-;/m0./s1. The molecule has 1 atom stereocenters. The Balaban J connectivity index is 0.00000220. The van der Waals surface area contributed by atoms with Crippen LogP contribution in [0.3, 0.4) is 0 Å². The normalized spacial score (nSPS) is 11.6. The lowest BCUT2D eigenvalue weighted by Crippen LogP contribution is -2.42. The highest BCUT2D eigenvalue weighted by Crippen LogP contribution is 2.17. The van der Waals surface area contributed by atoms with Crippen molar-refractivity contribution in [1.82, 2.24) is 4.90 Å². The average Bonchev–Trinajstić information content (AvgIpc) is 2.84. The summed E-state index contributed by atoms with van der Waals surface area (Å²) in [4.78, 5) is 16.4. The van der Waals surface area contributed by atoms with Crippen LogP contribution in [0, 0.1) is 6.92 Å². The fraction of sp³-hybridized carbons (Fsp3) is 0.312. The summed E-state index contributed by atoms with van der Waals surface area (Å²) in [7, 11) is 1.81. The quantitative estimate of drug-likeness (QED) is 0.919. The highest BCUT2D eigenvalue weighted by atomic mass is 35.5. The van der Waals surface area contributed by atoms with Crippen LogP contribution in [0.4, 0.5) is 0 Å². The summed E-state index contributed by atoms with van der Waals surface area (Å²) >= 11 is 1.71. The molecule has 0 bridgehead atoms. The molecule has 2 aromatic rings. The van der Waals surface area contributed by atoms with E-state index in [1.807, 2.05) is 37.4 Å². The minimum atomic E-state index is -0.483. The summed E-state index contributed by atoms with van der Waals surface area (Å²) in [5.41, 5.74) is 7.11. The fourth-order valence-corrected chi connectivity index (χ4v) is 3.06. The average molecular weight is 325 g/mol. The molecule has 2 N–H and O–H groups in total. The number of aryl methyl sites for hydroxylation is 1. The zero-order valence-electron chi connectivity index (χ0n) is 12.3. The maximum Gasteiger partial charge on any atom is 0.239 e. The second-order valence-electron chi connectivity index (χ2n) is 5.00. The number of nitrogens with two attached hydrogens (primary N) is 1. The van der Waals surface area contributed by atoms with E-state index in [-0.39, 0.29) is 18.3 Å². The monoisotopic (exact) mass is 324 g/mol. The summed E-state index contributed by atoms with van der Waals surface area (Å²) in [6, 6.07) is 13.5. The van der Waals surface area contributed by atoms with Crippen LogP contribution in [0.15, 0.2) is 42.5 Å². The van der Waals surface area contributed by atoms with Gasteiger partial charge in [0.05, 0.1) is 12.6 Å². The maximum atomic E-state index is 12.3. The molecule has 0 radical (unpaired) electrons. The molecule has 0 aliphatic heterocycles. The third-order valence-electron chi connectivity index (χ3n) is 3.18. The van der Waals surface area contributed by atoms with Crippen molar-refractivity contribution in [3.8, 4) is 0 Å². The Labute approximate surface area is 136 Å². The molecule has 3 nitrogen and oxygen atoms in total. The molecule has 1 heterocycles. The third-order valence-corrected chi connectivity index (χ3v) is 4.17. The highest BCUT2D eigenvalue weighted by Gasteiger charge is 2.18. The highest BCUT2D eigenvalue weighted by molar-refractivity contribution is 7.11. The summed E-state index contributed by atoms with van der Waals surface area (Å²) in [5.74, 6) is -0.0140. The molecule has 0 spiro atoms. The number of halogens is 1. The van der Waals surface area contributed by atoms with Crippen LogP contribution in [-0.2, 0) is 17.8 Å². The molecular weight excluding hydrogens is 304 g/mol. The first-order chi connectivity index (χ1) is 9.56. The van der Waals surface area contributed by atoms with E-state index in [0.29, 0.717) is 13.0 Å². The van der Waals surface area contributed by atoms with E-state index in [0.717, 1.165) is 5.56 Å². The molecule has 1 aromatic heterocycles. The van der Waals surface area contributed by atoms with Crippen molar-refractivity contribution in [2.45, 2.75) is 25.9 Å². The second kappa shape index (κ2) is 8.17. The lowest BCUT2D eigenvalue weighted by molar-refractivity contribution is -0.131. The number of carbonyl (C=O) groups excluding carboxylic acids is 1. The van der Waals surface area contributed by atoms with Gasteiger partial charge in [0.25, 0.3) is 0 Å². The Hall–Kier alpha value is -1.36. The summed E-state index contributed by atoms with van der Waals surface area (Å²) in [6.07, 6.45) is 0.577. The van der Waals surface area contributed by atoms with E-state index in [2.05, 4.69) is 19.1 Å². The SMILES string of the molecule is Cc1ccc(CN(C)C(=O)[C@@H](N)Cc2ccccc2)s1.Cl. The topological polar surface area (TPSA) is 46.3 Å². The lowest BCUT2D eigenvalue weighted by atomic mass is 10.1. The Morgan fingerprint density at radius 1 is 1.24 bits per heavy atom. The van der Waals surface area contributed by atoms with E-state index >= 15 is 0 Å². The zero-order chi connectivity index (χ0) is 14.5. The number of amides is 1. The van der Waals surface area contributed by atoms with Gasteiger partial charge in [-0.25, -0.2) is 0 Å². The number of carbonyl (C=O) groups is 1. The number of hydrogen-bond acceptors (Lipinski definition) is 3. The van der Waals surface area contributed by atoms with Crippen molar-refractivity contribution in [2.24, 2.45) is 5.73 Å². The number of likely N-dealkylation sites (N-methyl/N-ethyl adjacent to an activating group) is 1. The van der Waals surface area contributed by atoms with Gasteiger partial charge in [-0.2, -0.15) is 0 Å². The molecule has 0 saturated heterocycles. The van der Waals surface area contributed by atoms with Gasteiger partial charge in [0.2, 0.25) is 5.91 Å². The number of nitrogens with zero attached hydrogens (tertiary/aromatic N) is 1. The van der Waals surface area contributed by atoms with Crippen molar-refractivity contribution >= 4 is 29.7 Å². The van der Waals surface area contributed by atoms with Crippen LogP contribution < -0.4 is 5.73 Å². The molecule has 0 aliphatic carbocycles. The first-order valence-electron chi connectivity index (χ1n) is 6.66. The number of thiophene rings is 1. The Morgan fingerprint density at radius 2 is 1.90 bits per heavy atom. The predicted octanol–water partition coefficient (Wildman–Crippen LogP) is 3.01. The molecule has 0 aliphatic rings. The number of rotatable bonds is 5. The van der Waals surface area contributed by atoms with E-state index in [9.17, 15) is 4.79 Å². The molecule has 0 unspecified atom stereocenters. The van der Waals surface area contributed by atoms with Crippen molar-refractivity contribution in [1.29, 1.82) is 0 Å². The molecule has 1 aromatic carbocycles. The van der Waals surface area contributed by atoms with Crippen LogP contribution in [0.25, 0.3) is 0 Å². The van der Waals surface area contributed by atoms with Crippen LogP contribution in [0.1, 0.15) is 15.3 Å². The largest absolute Gasteiger partial charge is 0.339 e. The Bertz CT molecular complexity index is 571. The van der Waals surface area contributed by atoms with Gasteiger partial charge in [0.1, 0.15) is 0 Å². The summed E-state index contributed by atoms with van der Waals surface area (Å²) < 4.78 is 0. The van der Waals surface area contributed by atoms with Crippen LogP contribution in [0.5, 0.6) is 0 Å². The van der Waals surface area contributed by atoms with Crippen LogP contribution in [0.2, 0.25) is 0 Å². The molecule has 2 rings (SSSR count). The minimum Gasteiger partial charge on any atom is -0.339 e. The van der Waals surface area contributed by atoms with Crippen LogP contribution in [-0.4, -0.2) is 23.9 Å². The van der Waals surface area contributed by atoms with E-state index in [1.54, 1.807) is 16.2 Å². The summed E-state index contributed by atoms with van der Waals surface area (Å²) in [6.45, 7) is 2.69. The van der Waals surface area contributed by atoms with E-state index in [4.69, 9.17) is 5.73 Å². The summed E-state index contributed by atoms with van der Waals surface area (Å²) in [5, 5.41) is 0. The van der Waals surface area contributed by atoms with Crippen LogP contribution >= 0.6 is 23.7 Å². The molecule has 0 fully saturated rings. The number of hydrogen-bond donors (Lipinski definition) is 1. The van der Waals surface area contributed by atoms with Gasteiger partial charge in [-0.3, -0.25) is 4.79 Å². The Morgan fingerprint density at radius 3 is 2.48 bits per heavy atom. The van der Waals surface area contributed by atoms with Gasteiger partial charge in [0, 0.05) is 16.8 Å². The van der Waals surface area contributed by atoms with Crippen molar-refractivity contribution in [3.05, 3.63) is 57.8 Å². The van der Waals surface area contributed by atoms with Gasteiger partial charge >= 0.3 is 0 Å². The Kier molecular flexibility index (Phi) is 6.89. The molecule has 114 valence electrons. The molecule has 21 heavy (non-hydrogen) atoms. The van der Waals surface area contributed by atoms with Crippen molar-refractivity contribution in [2.75, 3.05) is 7.05 Å². The predicted molar refractivity (Wildman–Crippen MR) is 90.9 cm³/mol. The molecule has 5 heteroatoms. The van der Waals surface area contributed by atoms with Crippen molar-refractivity contribution in [3.63, 3.8) is 0 Å². The van der Waals surface area contributed by atoms with Gasteiger partial charge in [-0.05, 0) is 31.0 Å². The van der Waals surface area contributed by atoms with Gasteiger partial charge in [-0.1, -0.05) is 30.3 Å². The molecular formula is C16H21ClN2OS. The fourth-order valence-electron chi connectivity index (χ4n) is 2.12. The van der Waals surface area contributed by atoms with Gasteiger partial charge in [0.15, 0.2) is 0 Å². The van der Waals surface area contributed by atoms with E-state index in [1.165, 1.54) is 9.75 Å². The second-order valence-corrected chi connectivity index (χ2v) is 6.38. The third kappa shape index (κ3) is 5.16. The van der Waals surface area contributed by atoms with Gasteiger partial charge in [-0.15, -0.1) is 23.7 Å². The smallest absolute Gasteiger partial charge is 0.239 e.